The number of nitrogens with one attached hydrogen (secondary N) is 1. The molecule has 0 aliphatic carbocycles. The molecule has 9 heteroatoms. The predicted molar refractivity (Wildman–Crippen MR) is 80.0 cm³/mol. The standard InChI is InChI=1S/C11H14BrN3O3S2/c1-7-15-8(6-19-7)2-3-14-20(16,17)10-4-9(5-13)18-11(10)12/h4,6,14H,2-3,5,13H2,1H3. The van der Waals surface area contributed by atoms with E-state index >= 15 is 0 Å². The highest BCUT2D eigenvalue weighted by Crippen LogP contribution is 2.25. The Balaban J connectivity index is 2.01. The molecule has 2 aromatic rings. The zero-order chi connectivity index (χ0) is 14.8. The summed E-state index contributed by atoms with van der Waals surface area (Å²) in [7, 11) is -3.61. The van der Waals surface area contributed by atoms with Crippen molar-refractivity contribution < 1.29 is 12.8 Å². The minimum atomic E-state index is -3.61. The molecule has 20 heavy (non-hydrogen) atoms. The molecule has 0 unspecified atom stereocenters. The van der Waals surface area contributed by atoms with E-state index in [2.05, 4.69) is 25.6 Å². The van der Waals surface area contributed by atoms with Crippen LogP contribution in [0.15, 0.2) is 25.4 Å². The monoisotopic (exact) mass is 379 g/mol. The van der Waals surface area contributed by atoms with Gasteiger partial charge in [-0.15, -0.1) is 11.3 Å². The number of sulfonamides is 1. The van der Waals surface area contributed by atoms with Gasteiger partial charge in [-0.05, 0) is 22.9 Å². The fourth-order valence-electron chi connectivity index (χ4n) is 1.60. The summed E-state index contributed by atoms with van der Waals surface area (Å²) in [5.41, 5.74) is 6.30. The van der Waals surface area contributed by atoms with Crippen LogP contribution in [0.5, 0.6) is 0 Å². The molecule has 2 aromatic heterocycles. The van der Waals surface area contributed by atoms with Crippen LogP contribution in [0.1, 0.15) is 16.5 Å². The van der Waals surface area contributed by atoms with Gasteiger partial charge in [-0.2, -0.15) is 0 Å². The van der Waals surface area contributed by atoms with Gasteiger partial charge in [0, 0.05) is 24.4 Å². The van der Waals surface area contributed by atoms with Crippen LogP contribution in [-0.2, 0) is 23.0 Å². The summed E-state index contributed by atoms with van der Waals surface area (Å²) in [6.45, 7) is 2.34. The minimum Gasteiger partial charge on any atom is -0.452 e. The number of thiazole rings is 1. The van der Waals surface area contributed by atoms with E-state index in [4.69, 9.17) is 10.2 Å². The van der Waals surface area contributed by atoms with Gasteiger partial charge >= 0.3 is 0 Å². The largest absolute Gasteiger partial charge is 0.452 e. The number of nitrogens with zero attached hydrogens (tertiary/aromatic N) is 1. The average molecular weight is 380 g/mol. The number of halogens is 1. The summed E-state index contributed by atoms with van der Waals surface area (Å²) in [5, 5.41) is 2.89. The molecule has 0 aliphatic rings. The van der Waals surface area contributed by atoms with Crippen molar-refractivity contribution in [1.29, 1.82) is 0 Å². The van der Waals surface area contributed by atoms with E-state index in [1.54, 1.807) is 11.3 Å². The molecule has 0 radical (unpaired) electrons. The zero-order valence-corrected chi connectivity index (χ0v) is 13.9. The van der Waals surface area contributed by atoms with E-state index in [1.165, 1.54) is 6.07 Å². The first-order valence-corrected chi connectivity index (χ1v) is 8.97. The summed E-state index contributed by atoms with van der Waals surface area (Å²) in [5.74, 6) is 0.410. The summed E-state index contributed by atoms with van der Waals surface area (Å²) in [6, 6.07) is 1.42. The molecule has 2 rings (SSSR count). The Morgan fingerprint density at radius 1 is 1.55 bits per heavy atom. The van der Waals surface area contributed by atoms with E-state index in [-0.39, 0.29) is 22.7 Å². The van der Waals surface area contributed by atoms with Gasteiger partial charge in [-0.1, -0.05) is 0 Å². The molecule has 0 atom stereocenters. The van der Waals surface area contributed by atoms with Gasteiger partial charge in [0.2, 0.25) is 10.0 Å². The maximum absolute atomic E-state index is 12.1. The average Bonchev–Trinajstić information content (AvgIpc) is 2.95. The van der Waals surface area contributed by atoms with Crippen molar-refractivity contribution in [3.63, 3.8) is 0 Å². The van der Waals surface area contributed by atoms with Crippen molar-refractivity contribution >= 4 is 37.3 Å². The van der Waals surface area contributed by atoms with Crippen molar-refractivity contribution in [2.24, 2.45) is 5.73 Å². The normalized spacial score (nSPS) is 11.9. The Kier molecular flexibility index (Phi) is 4.97. The molecule has 0 fully saturated rings. The maximum Gasteiger partial charge on any atom is 0.244 e. The number of hydrogen-bond acceptors (Lipinski definition) is 6. The van der Waals surface area contributed by atoms with Crippen molar-refractivity contribution in [2.45, 2.75) is 24.8 Å². The number of nitrogens with two attached hydrogens (primary N) is 1. The molecule has 0 aliphatic heterocycles. The highest BCUT2D eigenvalue weighted by molar-refractivity contribution is 9.10. The highest BCUT2D eigenvalue weighted by atomic mass is 79.9. The molecule has 0 saturated heterocycles. The molecule has 6 nitrogen and oxygen atoms in total. The molecule has 0 saturated carbocycles. The first kappa shape index (κ1) is 15.6. The molecule has 0 amide bonds. The number of aryl methyl sites for hydroxylation is 1. The van der Waals surface area contributed by atoms with E-state index in [0.717, 1.165) is 10.7 Å². The Morgan fingerprint density at radius 2 is 2.30 bits per heavy atom. The lowest BCUT2D eigenvalue weighted by Crippen LogP contribution is -2.26. The van der Waals surface area contributed by atoms with Gasteiger partial charge in [0.15, 0.2) is 4.67 Å². The Bertz CT molecular complexity index is 694. The number of aromatic nitrogens is 1. The molecule has 3 N–H and O–H groups in total. The number of hydrogen-bond donors (Lipinski definition) is 2. The van der Waals surface area contributed by atoms with Gasteiger partial charge in [-0.3, -0.25) is 0 Å². The molecule has 0 spiro atoms. The third-order valence-electron chi connectivity index (χ3n) is 2.54. The van der Waals surface area contributed by atoms with Gasteiger partial charge in [0.25, 0.3) is 0 Å². The van der Waals surface area contributed by atoms with Crippen molar-refractivity contribution in [2.75, 3.05) is 6.54 Å². The van der Waals surface area contributed by atoms with Gasteiger partial charge in [0.1, 0.15) is 10.7 Å². The van der Waals surface area contributed by atoms with Crippen LogP contribution in [-0.4, -0.2) is 19.9 Å². The first-order valence-electron chi connectivity index (χ1n) is 5.81. The lowest BCUT2D eigenvalue weighted by Gasteiger charge is -2.03. The van der Waals surface area contributed by atoms with Gasteiger partial charge in [0.05, 0.1) is 17.2 Å². The SMILES string of the molecule is Cc1nc(CCNS(=O)(=O)c2cc(CN)oc2Br)cs1. The lowest BCUT2D eigenvalue weighted by molar-refractivity contribution is 0.483. The number of furan rings is 1. The quantitative estimate of drug-likeness (QED) is 0.796. The molecule has 2 heterocycles. The Labute approximate surface area is 129 Å². The molecule has 0 bridgehead atoms. The van der Waals surface area contributed by atoms with Crippen molar-refractivity contribution in [3.8, 4) is 0 Å². The second kappa shape index (κ2) is 6.35. The first-order chi connectivity index (χ1) is 9.42. The van der Waals surface area contributed by atoms with Crippen molar-refractivity contribution in [3.05, 3.63) is 32.6 Å². The third kappa shape index (κ3) is 3.67. The Morgan fingerprint density at radius 3 is 2.85 bits per heavy atom. The minimum absolute atomic E-state index is 0.0624. The van der Waals surface area contributed by atoms with Crippen LogP contribution in [0.2, 0.25) is 0 Å². The van der Waals surface area contributed by atoms with Crippen LogP contribution in [0.4, 0.5) is 0 Å². The number of rotatable bonds is 6. The fraction of sp³-hybridized carbons (Fsp3) is 0.364. The topological polar surface area (TPSA) is 98.2 Å². The zero-order valence-electron chi connectivity index (χ0n) is 10.7. The van der Waals surface area contributed by atoms with Gasteiger partial charge in [-0.25, -0.2) is 18.1 Å². The summed E-state index contributed by atoms with van der Waals surface area (Å²) < 4.78 is 32.1. The van der Waals surface area contributed by atoms with Gasteiger partial charge < -0.3 is 10.2 Å². The van der Waals surface area contributed by atoms with E-state index in [1.807, 2.05) is 12.3 Å². The van der Waals surface area contributed by atoms with Crippen LogP contribution in [0.3, 0.4) is 0 Å². The van der Waals surface area contributed by atoms with Crippen molar-refractivity contribution in [1.82, 2.24) is 9.71 Å². The van der Waals surface area contributed by atoms with Crippen LogP contribution >= 0.6 is 27.3 Å². The lowest BCUT2D eigenvalue weighted by atomic mass is 10.3. The summed E-state index contributed by atoms with van der Waals surface area (Å²) in [6.07, 6.45) is 0.544. The summed E-state index contributed by atoms with van der Waals surface area (Å²) >= 11 is 4.62. The fourth-order valence-corrected chi connectivity index (χ4v) is 4.27. The second-order valence-corrected chi connectivity index (χ2v) is 7.58. The summed E-state index contributed by atoms with van der Waals surface area (Å²) in [4.78, 5) is 4.34. The van der Waals surface area contributed by atoms with E-state index < -0.39 is 10.0 Å². The van der Waals surface area contributed by atoms with E-state index in [0.29, 0.717) is 12.2 Å². The Hall–Kier alpha value is -0.740. The molecular weight excluding hydrogens is 366 g/mol. The second-order valence-electron chi connectivity index (χ2n) is 4.06. The van der Waals surface area contributed by atoms with Crippen LogP contribution in [0.25, 0.3) is 0 Å². The predicted octanol–water partition coefficient (Wildman–Crippen LogP) is 1.79. The van der Waals surface area contributed by atoms with E-state index in [9.17, 15) is 8.42 Å². The van der Waals surface area contributed by atoms with Crippen LogP contribution < -0.4 is 10.5 Å². The molecule has 110 valence electrons. The third-order valence-corrected chi connectivity index (χ3v) is 5.68. The molecule has 0 aromatic carbocycles. The molecular formula is C11H14BrN3O3S2. The maximum atomic E-state index is 12.1. The smallest absolute Gasteiger partial charge is 0.244 e. The highest BCUT2D eigenvalue weighted by Gasteiger charge is 2.21. The van der Waals surface area contributed by atoms with Crippen LogP contribution in [0, 0.1) is 6.92 Å².